The molecule has 8 nitrogen and oxygen atoms in total. The minimum atomic E-state index is -1.19. The Labute approximate surface area is 177 Å². The summed E-state index contributed by atoms with van der Waals surface area (Å²) >= 11 is 1.33. The molecule has 9 heteroatoms. The van der Waals surface area contributed by atoms with E-state index in [-0.39, 0.29) is 0 Å². The number of nitrogens with two attached hydrogens (primary N) is 1. The molecule has 1 aliphatic carbocycles. The maximum Gasteiger partial charge on any atom is 0.325 e. The van der Waals surface area contributed by atoms with Crippen LogP contribution in [0.1, 0.15) is 46.1 Å². The highest BCUT2D eigenvalue weighted by atomic mass is 32.1. The van der Waals surface area contributed by atoms with Crippen molar-refractivity contribution in [2.75, 3.05) is 11.9 Å². The highest BCUT2D eigenvalue weighted by Crippen LogP contribution is 2.39. The fraction of sp³-hybridized carbons (Fsp3) is 0.333. The first-order chi connectivity index (χ1) is 14.4. The molecule has 4 rings (SSSR count). The van der Waals surface area contributed by atoms with E-state index in [0.29, 0.717) is 22.5 Å². The number of benzene rings is 1. The zero-order valence-corrected chi connectivity index (χ0v) is 17.3. The predicted molar refractivity (Wildman–Crippen MR) is 112 cm³/mol. The summed E-state index contributed by atoms with van der Waals surface area (Å²) in [4.78, 5) is 52.2. The third-order valence-electron chi connectivity index (χ3n) is 5.70. The van der Waals surface area contributed by atoms with E-state index in [1.807, 2.05) is 6.07 Å². The maximum atomic E-state index is 13.1. The Kier molecular flexibility index (Phi) is 5.07. The van der Waals surface area contributed by atoms with Gasteiger partial charge in [0.05, 0.1) is 5.56 Å². The van der Waals surface area contributed by atoms with Gasteiger partial charge in [-0.1, -0.05) is 37.3 Å². The van der Waals surface area contributed by atoms with Gasteiger partial charge >= 0.3 is 6.03 Å². The molecule has 0 radical (unpaired) electrons. The van der Waals surface area contributed by atoms with Crippen molar-refractivity contribution in [1.82, 2.24) is 10.2 Å². The summed E-state index contributed by atoms with van der Waals surface area (Å²) in [5, 5.41) is 5.81. The summed E-state index contributed by atoms with van der Waals surface area (Å²) in [6.45, 7) is 1.36. The van der Waals surface area contributed by atoms with E-state index in [2.05, 4.69) is 10.6 Å². The molecule has 156 valence electrons. The molecule has 1 fully saturated rings. The summed E-state index contributed by atoms with van der Waals surface area (Å²) in [6, 6.07) is 8.35. The van der Waals surface area contributed by atoms with Crippen LogP contribution >= 0.6 is 11.3 Å². The van der Waals surface area contributed by atoms with E-state index >= 15 is 0 Å². The van der Waals surface area contributed by atoms with Crippen LogP contribution in [0.25, 0.3) is 0 Å². The average molecular weight is 426 g/mol. The second-order valence-corrected chi connectivity index (χ2v) is 8.53. The highest BCUT2D eigenvalue weighted by molar-refractivity contribution is 7.17. The normalized spacial score (nSPS) is 20.2. The van der Waals surface area contributed by atoms with Crippen molar-refractivity contribution >= 4 is 40.1 Å². The van der Waals surface area contributed by atoms with E-state index in [9.17, 15) is 19.2 Å². The third kappa shape index (κ3) is 3.15. The molecule has 0 saturated carbocycles. The lowest BCUT2D eigenvalue weighted by Crippen LogP contribution is -2.44. The lowest BCUT2D eigenvalue weighted by atomic mass is 9.87. The van der Waals surface area contributed by atoms with Gasteiger partial charge < -0.3 is 16.4 Å². The smallest absolute Gasteiger partial charge is 0.325 e. The van der Waals surface area contributed by atoms with Crippen molar-refractivity contribution in [3.05, 3.63) is 51.9 Å². The van der Waals surface area contributed by atoms with Crippen LogP contribution in [0, 0.1) is 0 Å². The van der Waals surface area contributed by atoms with Crippen LogP contribution in [0.3, 0.4) is 0 Å². The van der Waals surface area contributed by atoms with E-state index in [0.717, 1.165) is 34.6 Å². The number of carbonyl (C=O) groups is 4. The number of hydrogen-bond donors (Lipinski definition) is 3. The lowest BCUT2D eigenvalue weighted by Gasteiger charge is -2.25. The second-order valence-electron chi connectivity index (χ2n) is 7.42. The first-order valence-corrected chi connectivity index (χ1v) is 10.6. The number of urea groups is 1. The minimum absolute atomic E-state index is 0.338. The van der Waals surface area contributed by atoms with Crippen LogP contribution < -0.4 is 16.4 Å². The Morgan fingerprint density at radius 2 is 1.97 bits per heavy atom. The highest BCUT2D eigenvalue weighted by Gasteiger charge is 2.51. The van der Waals surface area contributed by atoms with Crippen molar-refractivity contribution in [1.29, 1.82) is 0 Å². The molecule has 1 aliphatic heterocycles. The molecule has 0 bridgehead atoms. The number of rotatable bonds is 6. The van der Waals surface area contributed by atoms with Crippen molar-refractivity contribution < 1.29 is 19.2 Å². The number of nitrogens with zero attached hydrogens (tertiary/aromatic N) is 1. The number of primary amides is 1. The molecule has 1 aromatic carbocycles. The number of aryl methyl sites for hydroxylation is 1. The Hall–Kier alpha value is -3.20. The van der Waals surface area contributed by atoms with Crippen molar-refractivity contribution in [2.45, 2.75) is 38.1 Å². The van der Waals surface area contributed by atoms with Crippen LogP contribution in [0.5, 0.6) is 0 Å². The Bertz CT molecular complexity index is 1050. The number of amides is 5. The van der Waals surface area contributed by atoms with E-state index in [4.69, 9.17) is 5.73 Å². The molecule has 30 heavy (non-hydrogen) atoms. The number of nitrogens with one attached hydrogen (secondary N) is 2. The van der Waals surface area contributed by atoms with E-state index in [1.165, 1.54) is 11.3 Å². The SMILES string of the molecule is CC[C@@]1(c2ccccc2)NC(=O)N(CC(=O)Nc2sc3c(c2C(N)=O)CCC3)C1=O. The standard InChI is InChI=1S/C21H22N4O4S/c1-2-21(12-7-4-3-5-8-12)19(28)25(20(29)24-21)11-15(26)23-18-16(17(22)27)13-9-6-10-14(13)30-18/h3-5,7-8H,2,6,9-11H2,1H3,(H2,22,27)(H,23,26)(H,24,29)/t21-/m0/s1. The van der Waals surface area contributed by atoms with E-state index < -0.39 is 35.8 Å². The van der Waals surface area contributed by atoms with Gasteiger partial charge in [-0.05, 0) is 36.8 Å². The summed E-state index contributed by atoms with van der Waals surface area (Å²) in [5.41, 5.74) is 6.23. The van der Waals surface area contributed by atoms with Crippen molar-refractivity contribution in [3.8, 4) is 0 Å². The molecule has 0 spiro atoms. The third-order valence-corrected chi connectivity index (χ3v) is 6.90. The molecule has 2 aromatic rings. The van der Waals surface area contributed by atoms with Crippen LogP contribution in [0.2, 0.25) is 0 Å². The van der Waals surface area contributed by atoms with Gasteiger partial charge in [0.25, 0.3) is 11.8 Å². The summed E-state index contributed by atoms with van der Waals surface area (Å²) < 4.78 is 0. The Morgan fingerprint density at radius 3 is 2.63 bits per heavy atom. The molecular weight excluding hydrogens is 404 g/mol. The molecule has 1 saturated heterocycles. The summed E-state index contributed by atoms with van der Waals surface area (Å²) in [7, 11) is 0. The fourth-order valence-electron chi connectivity index (χ4n) is 4.19. The van der Waals surface area contributed by atoms with Gasteiger partial charge in [0.15, 0.2) is 0 Å². The van der Waals surface area contributed by atoms with Gasteiger partial charge in [0, 0.05) is 4.88 Å². The zero-order valence-electron chi connectivity index (χ0n) is 16.5. The van der Waals surface area contributed by atoms with Gasteiger partial charge in [-0.25, -0.2) is 4.79 Å². The second kappa shape index (κ2) is 7.56. The summed E-state index contributed by atoms with van der Waals surface area (Å²) in [5.74, 6) is -1.62. The van der Waals surface area contributed by atoms with Crippen LogP contribution in [-0.2, 0) is 28.0 Å². The molecule has 1 aromatic heterocycles. The topological polar surface area (TPSA) is 122 Å². The van der Waals surface area contributed by atoms with Crippen molar-refractivity contribution in [3.63, 3.8) is 0 Å². The van der Waals surface area contributed by atoms with Gasteiger partial charge in [-0.2, -0.15) is 0 Å². The van der Waals surface area contributed by atoms with Crippen molar-refractivity contribution in [2.24, 2.45) is 5.73 Å². The number of hydrogen-bond acceptors (Lipinski definition) is 5. The number of thiophene rings is 1. The van der Waals surface area contributed by atoms with Gasteiger partial charge in [0.1, 0.15) is 17.1 Å². The zero-order chi connectivity index (χ0) is 21.5. The minimum Gasteiger partial charge on any atom is -0.365 e. The van der Waals surface area contributed by atoms with E-state index in [1.54, 1.807) is 31.2 Å². The monoisotopic (exact) mass is 426 g/mol. The number of anilines is 1. The van der Waals surface area contributed by atoms with Gasteiger partial charge in [-0.15, -0.1) is 11.3 Å². The first kappa shape index (κ1) is 20.1. The van der Waals surface area contributed by atoms with Crippen LogP contribution in [0.15, 0.2) is 30.3 Å². The Morgan fingerprint density at radius 1 is 1.23 bits per heavy atom. The largest absolute Gasteiger partial charge is 0.365 e. The van der Waals surface area contributed by atoms with Gasteiger partial charge in [-0.3, -0.25) is 19.3 Å². The number of imide groups is 1. The molecule has 4 N–H and O–H groups in total. The fourth-order valence-corrected chi connectivity index (χ4v) is 5.51. The Balaban J connectivity index is 1.54. The maximum absolute atomic E-state index is 13.1. The first-order valence-electron chi connectivity index (χ1n) is 9.81. The molecule has 0 unspecified atom stereocenters. The molecule has 5 amide bonds. The van der Waals surface area contributed by atoms with Crippen LogP contribution in [-0.4, -0.2) is 35.2 Å². The number of carbonyl (C=O) groups excluding carboxylic acids is 4. The molecule has 1 atom stereocenters. The predicted octanol–water partition coefficient (Wildman–Crippen LogP) is 2.13. The molecule has 2 aliphatic rings. The molecular formula is C21H22N4O4S. The number of fused-ring (bicyclic) bond motifs is 1. The average Bonchev–Trinajstić information content (AvgIpc) is 3.36. The lowest BCUT2D eigenvalue weighted by molar-refractivity contribution is -0.134. The van der Waals surface area contributed by atoms with Crippen LogP contribution in [0.4, 0.5) is 9.80 Å². The quantitative estimate of drug-likeness (QED) is 0.613. The van der Waals surface area contributed by atoms with Gasteiger partial charge in [0.2, 0.25) is 5.91 Å². The molecule has 2 heterocycles. The summed E-state index contributed by atoms with van der Waals surface area (Å²) in [6.07, 6.45) is 2.90.